The van der Waals surface area contributed by atoms with Gasteiger partial charge in [-0.1, -0.05) is 30.3 Å². The van der Waals surface area contributed by atoms with Gasteiger partial charge in [-0.25, -0.2) is 0 Å². The van der Waals surface area contributed by atoms with Gasteiger partial charge < -0.3 is 10.6 Å². The summed E-state index contributed by atoms with van der Waals surface area (Å²) in [7, 11) is 0. The highest BCUT2D eigenvalue weighted by Gasteiger charge is 2.11. The third-order valence-electron chi connectivity index (χ3n) is 2.60. The van der Waals surface area contributed by atoms with E-state index in [9.17, 15) is 4.79 Å². The van der Waals surface area contributed by atoms with Crippen molar-refractivity contribution in [3.05, 3.63) is 54.6 Å². The first-order valence-electron chi connectivity index (χ1n) is 6.03. The Morgan fingerprint density at radius 1 is 1.00 bits per heavy atom. The second kappa shape index (κ2) is 6.25. The molecule has 0 spiro atoms. The summed E-state index contributed by atoms with van der Waals surface area (Å²) < 4.78 is 0. The van der Waals surface area contributed by atoms with Gasteiger partial charge in [0.1, 0.15) is 5.38 Å². The molecular weight excluding hydrogens is 260 g/mol. The molecule has 0 aliphatic carbocycles. The maximum absolute atomic E-state index is 11.6. The van der Waals surface area contributed by atoms with E-state index in [0.717, 1.165) is 11.4 Å². The third kappa shape index (κ3) is 3.73. The van der Waals surface area contributed by atoms with Crippen molar-refractivity contribution in [1.29, 1.82) is 0 Å². The van der Waals surface area contributed by atoms with Crippen LogP contribution in [0.5, 0.6) is 0 Å². The molecule has 0 heterocycles. The Hall–Kier alpha value is -2.00. The number of nitrogens with one attached hydrogen (secondary N) is 2. The van der Waals surface area contributed by atoms with Gasteiger partial charge >= 0.3 is 0 Å². The lowest BCUT2D eigenvalue weighted by molar-refractivity contribution is -0.115. The van der Waals surface area contributed by atoms with E-state index < -0.39 is 5.38 Å². The summed E-state index contributed by atoms with van der Waals surface area (Å²) in [6.45, 7) is 1.64. The Balaban J connectivity index is 2.19. The molecular formula is C15H15ClN2O. The van der Waals surface area contributed by atoms with E-state index in [1.165, 1.54) is 0 Å². The van der Waals surface area contributed by atoms with E-state index in [4.69, 9.17) is 11.6 Å². The van der Waals surface area contributed by atoms with Gasteiger partial charge in [0.25, 0.3) is 0 Å². The molecule has 2 aromatic carbocycles. The lowest BCUT2D eigenvalue weighted by Gasteiger charge is -2.13. The fraction of sp³-hybridized carbons (Fsp3) is 0.133. The number of benzene rings is 2. The molecule has 1 atom stereocenters. The predicted octanol–water partition coefficient (Wildman–Crippen LogP) is 4.00. The SMILES string of the molecule is CC(Cl)C(=O)Nc1ccccc1Nc1ccccc1. The van der Waals surface area contributed by atoms with E-state index in [1.54, 1.807) is 6.92 Å². The number of halogens is 1. The molecule has 0 aliphatic rings. The topological polar surface area (TPSA) is 41.1 Å². The van der Waals surface area contributed by atoms with Gasteiger partial charge in [-0.15, -0.1) is 11.6 Å². The minimum absolute atomic E-state index is 0.219. The Bertz CT molecular complexity index is 555. The molecule has 3 nitrogen and oxygen atoms in total. The molecule has 1 amide bonds. The maximum atomic E-state index is 11.6. The summed E-state index contributed by atoms with van der Waals surface area (Å²) in [5, 5.41) is 5.49. The third-order valence-corrected chi connectivity index (χ3v) is 2.80. The van der Waals surface area contributed by atoms with Crippen LogP contribution in [0.3, 0.4) is 0 Å². The molecule has 19 heavy (non-hydrogen) atoms. The number of alkyl halides is 1. The molecule has 0 saturated carbocycles. The maximum Gasteiger partial charge on any atom is 0.242 e. The fourth-order valence-corrected chi connectivity index (χ4v) is 1.66. The monoisotopic (exact) mass is 274 g/mol. The zero-order valence-electron chi connectivity index (χ0n) is 10.6. The van der Waals surface area contributed by atoms with Crippen molar-refractivity contribution in [3.8, 4) is 0 Å². The first-order chi connectivity index (χ1) is 9.16. The molecule has 0 saturated heterocycles. The van der Waals surface area contributed by atoms with Gasteiger partial charge in [-0.2, -0.15) is 0 Å². The Morgan fingerprint density at radius 3 is 2.21 bits per heavy atom. The highest BCUT2D eigenvalue weighted by molar-refractivity contribution is 6.32. The molecule has 2 rings (SSSR count). The van der Waals surface area contributed by atoms with Gasteiger partial charge in [0.05, 0.1) is 11.4 Å². The van der Waals surface area contributed by atoms with Crippen LogP contribution in [0, 0.1) is 0 Å². The van der Waals surface area contributed by atoms with Crippen molar-refractivity contribution in [1.82, 2.24) is 0 Å². The largest absolute Gasteiger partial charge is 0.354 e. The summed E-state index contributed by atoms with van der Waals surface area (Å²) in [6, 6.07) is 17.3. The van der Waals surface area contributed by atoms with Crippen LogP contribution in [0.2, 0.25) is 0 Å². The minimum Gasteiger partial charge on any atom is -0.354 e. The van der Waals surface area contributed by atoms with E-state index >= 15 is 0 Å². The first-order valence-corrected chi connectivity index (χ1v) is 6.46. The normalized spacial score (nSPS) is 11.7. The molecule has 2 aromatic rings. The summed E-state index contributed by atoms with van der Waals surface area (Å²) in [5.41, 5.74) is 2.51. The van der Waals surface area contributed by atoms with E-state index in [1.807, 2.05) is 54.6 Å². The van der Waals surface area contributed by atoms with Crippen molar-refractivity contribution in [2.24, 2.45) is 0 Å². The number of anilines is 3. The number of hydrogen-bond donors (Lipinski definition) is 2. The number of carbonyl (C=O) groups excluding carboxylic acids is 1. The molecule has 0 fully saturated rings. The Labute approximate surface area is 117 Å². The molecule has 0 aliphatic heterocycles. The van der Waals surface area contributed by atoms with Gasteiger partial charge in [-0.05, 0) is 31.2 Å². The predicted molar refractivity (Wildman–Crippen MR) is 80.1 cm³/mol. The van der Waals surface area contributed by atoms with E-state index in [2.05, 4.69) is 10.6 Å². The van der Waals surface area contributed by atoms with Crippen molar-refractivity contribution in [2.75, 3.05) is 10.6 Å². The van der Waals surface area contributed by atoms with Crippen LogP contribution >= 0.6 is 11.6 Å². The van der Waals surface area contributed by atoms with E-state index in [-0.39, 0.29) is 5.91 Å². The van der Waals surface area contributed by atoms with Crippen LogP contribution in [-0.2, 0) is 4.79 Å². The van der Waals surface area contributed by atoms with Crippen molar-refractivity contribution in [2.45, 2.75) is 12.3 Å². The first kappa shape index (κ1) is 13.4. The molecule has 98 valence electrons. The summed E-state index contributed by atoms with van der Waals surface area (Å²) in [5.74, 6) is -0.219. The molecule has 2 N–H and O–H groups in total. The second-order valence-corrected chi connectivity index (χ2v) is 4.80. The van der Waals surface area contributed by atoms with Gasteiger partial charge in [0, 0.05) is 5.69 Å². The molecule has 0 radical (unpaired) electrons. The Kier molecular flexibility index (Phi) is 4.42. The lowest BCUT2D eigenvalue weighted by Crippen LogP contribution is -2.20. The van der Waals surface area contributed by atoms with Gasteiger partial charge in [0.15, 0.2) is 0 Å². The summed E-state index contributed by atoms with van der Waals surface area (Å²) >= 11 is 5.76. The average Bonchev–Trinajstić information content (AvgIpc) is 2.42. The number of amides is 1. The van der Waals surface area contributed by atoms with Crippen LogP contribution in [0.25, 0.3) is 0 Å². The standard InChI is InChI=1S/C15H15ClN2O/c1-11(16)15(19)18-14-10-6-5-9-13(14)17-12-7-3-2-4-8-12/h2-11,17H,1H3,(H,18,19). The van der Waals surface area contributed by atoms with Crippen molar-refractivity contribution in [3.63, 3.8) is 0 Å². The van der Waals surface area contributed by atoms with Gasteiger partial charge in [-0.3, -0.25) is 4.79 Å². The number of carbonyl (C=O) groups is 1. The fourth-order valence-electron chi connectivity index (χ4n) is 1.61. The lowest BCUT2D eigenvalue weighted by atomic mass is 10.2. The number of hydrogen-bond acceptors (Lipinski definition) is 2. The molecule has 4 heteroatoms. The highest BCUT2D eigenvalue weighted by atomic mass is 35.5. The quantitative estimate of drug-likeness (QED) is 0.828. The van der Waals surface area contributed by atoms with E-state index in [0.29, 0.717) is 5.69 Å². The summed E-state index contributed by atoms with van der Waals surface area (Å²) in [6.07, 6.45) is 0. The van der Waals surface area contributed by atoms with Gasteiger partial charge in [0.2, 0.25) is 5.91 Å². The highest BCUT2D eigenvalue weighted by Crippen LogP contribution is 2.25. The van der Waals surface area contributed by atoms with Crippen molar-refractivity contribution >= 4 is 34.6 Å². The average molecular weight is 275 g/mol. The molecule has 0 aromatic heterocycles. The number of rotatable bonds is 4. The van der Waals surface area contributed by atoms with Crippen LogP contribution in [-0.4, -0.2) is 11.3 Å². The molecule has 0 bridgehead atoms. The van der Waals surface area contributed by atoms with Crippen LogP contribution in [0.1, 0.15) is 6.92 Å². The molecule has 1 unspecified atom stereocenters. The van der Waals surface area contributed by atoms with Crippen molar-refractivity contribution < 1.29 is 4.79 Å². The second-order valence-electron chi connectivity index (χ2n) is 4.14. The zero-order valence-corrected chi connectivity index (χ0v) is 11.3. The Morgan fingerprint density at radius 2 is 1.58 bits per heavy atom. The zero-order chi connectivity index (χ0) is 13.7. The minimum atomic E-state index is -0.565. The van der Waals surface area contributed by atoms with Crippen LogP contribution < -0.4 is 10.6 Å². The van der Waals surface area contributed by atoms with Crippen LogP contribution in [0.4, 0.5) is 17.1 Å². The van der Waals surface area contributed by atoms with Crippen LogP contribution in [0.15, 0.2) is 54.6 Å². The smallest absolute Gasteiger partial charge is 0.242 e. The number of para-hydroxylation sites is 3. The summed E-state index contributed by atoms with van der Waals surface area (Å²) in [4.78, 5) is 11.6.